The quantitative estimate of drug-likeness (QED) is 0.930. The second-order valence-electron chi connectivity index (χ2n) is 4.23. The fourth-order valence-electron chi connectivity index (χ4n) is 1.76. The van der Waals surface area contributed by atoms with E-state index < -0.39 is 11.7 Å². The lowest BCUT2D eigenvalue weighted by molar-refractivity contribution is -0.137. The normalized spacial score (nSPS) is 11.4. The highest BCUT2D eigenvalue weighted by atomic mass is 19.4. The first-order valence-corrected chi connectivity index (χ1v) is 6.17. The summed E-state index contributed by atoms with van der Waals surface area (Å²) in [6.07, 6.45) is -3.67. The van der Waals surface area contributed by atoms with Gasteiger partial charge in [-0.15, -0.1) is 0 Å². The van der Waals surface area contributed by atoms with Gasteiger partial charge in [-0.2, -0.15) is 13.2 Å². The second-order valence-corrected chi connectivity index (χ2v) is 4.23. The molecule has 0 spiro atoms. The molecule has 0 fully saturated rings. The molecule has 1 heterocycles. The summed E-state index contributed by atoms with van der Waals surface area (Å²) in [5.74, 6) is 1.29. The largest absolute Gasteiger partial charge is 0.416 e. The Morgan fingerprint density at radius 1 is 1.10 bits per heavy atom. The fraction of sp³-hybridized carbons (Fsp3) is 0.286. The van der Waals surface area contributed by atoms with E-state index in [0.717, 1.165) is 12.1 Å². The van der Waals surface area contributed by atoms with Crippen molar-refractivity contribution in [1.29, 1.82) is 0 Å². The predicted molar refractivity (Wildman–Crippen MR) is 71.4 cm³/mol. The third-order valence-corrected chi connectivity index (χ3v) is 2.85. The molecule has 0 atom stereocenters. The zero-order valence-electron chi connectivity index (χ0n) is 11.1. The van der Waals surface area contributed by atoms with Gasteiger partial charge in [0.25, 0.3) is 0 Å². The Labute approximate surface area is 114 Å². The van der Waals surface area contributed by atoms with Crippen LogP contribution in [0, 0.1) is 0 Å². The van der Waals surface area contributed by atoms with Crippen LogP contribution in [-0.4, -0.2) is 17.0 Å². The van der Waals surface area contributed by atoms with Gasteiger partial charge in [0, 0.05) is 25.1 Å². The van der Waals surface area contributed by atoms with E-state index in [1.165, 1.54) is 12.1 Å². The SMILES string of the molecule is CCc1nc(NC)cc(-c2ccc(C(F)(F)F)cc2)n1. The van der Waals surface area contributed by atoms with E-state index in [1.807, 2.05) is 6.92 Å². The van der Waals surface area contributed by atoms with Gasteiger partial charge < -0.3 is 5.32 Å². The molecular formula is C14H14F3N3. The van der Waals surface area contributed by atoms with Gasteiger partial charge in [-0.3, -0.25) is 0 Å². The van der Waals surface area contributed by atoms with E-state index in [0.29, 0.717) is 29.3 Å². The van der Waals surface area contributed by atoms with Crippen molar-refractivity contribution < 1.29 is 13.2 Å². The Hall–Kier alpha value is -2.11. The molecule has 0 aliphatic rings. The summed E-state index contributed by atoms with van der Waals surface area (Å²) in [7, 11) is 1.73. The number of rotatable bonds is 3. The fourth-order valence-corrected chi connectivity index (χ4v) is 1.76. The summed E-state index contributed by atoms with van der Waals surface area (Å²) < 4.78 is 37.6. The highest BCUT2D eigenvalue weighted by Crippen LogP contribution is 2.30. The zero-order valence-corrected chi connectivity index (χ0v) is 11.1. The first-order chi connectivity index (χ1) is 9.44. The lowest BCUT2D eigenvalue weighted by Crippen LogP contribution is -2.04. The zero-order chi connectivity index (χ0) is 14.8. The Morgan fingerprint density at radius 3 is 2.25 bits per heavy atom. The molecule has 0 aliphatic heterocycles. The maximum Gasteiger partial charge on any atom is 0.416 e. The van der Waals surface area contributed by atoms with Crippen molar-refractivity contribution in [1.82, 2.24) is 9.97 Å². The van der Waals surface area contributed by atoms with Crippen molar-refractivity contribution in [3.8, 4) is 11.3 Å². The van der Waals surface area contributed by atoms with Gasteiger partial charge in [0.1, 0.15) is 11.6 Å². The van der Waals surface area contributed by atoms with Gasteiger partial charge in [-0.05, 0) is 12.1 Å². The number of benzene rings is 1. The number of aryl methyl sites for hydroxylation is 1. The molecule has 2 rings (SSSR count). The minimum Gasteiger partial charge on any atom is -0.373 e. The molecule has 0 saturated carbocycles. The molecule has 0 unspecified atom stereocenters. The molecule has 1 N–H and O–H groups in total. The van der Waals surface area contributed by atoms with Crippen LogP contribution < -0.4 is 5.32 Å². The Bertz CT molecular complexity index is 569. The standard InChI is InChI=1S/C14H14F3N3/c1-3-12-19-11(8-13(18-2)20-12)9-4-6-10(7-5-9)14(15,16)17/h4-8H,3H2,1-2H3,(H,18,19,20). The van der Waals surface area contributed by atoms with Gasteiger partial charge in [-0.25, -0.2) is 9.97 Å². The van der Waals surface area contributed by atoms with Gasteiger partial charge in [0.2, 0.25) is 0 Å². The number of nitrogens with zero attached hydrogens (tertiary/aromatic N) is 2. The molecule has 1 aromatic carbocycles. The summed E-state index contributed by atoms with van der Waals surface area (Å²) >= 11 is 0. The summed E-state index contributed by atoms with van der Waals surface area (Å²) in [4.78, 5) is 8.58. The molecule has 0 aliphatic carbocycles. The van der Waals surface area contributed by atoms with Crippen LogP contribution in [0.15, 0.2) is 30.3 Å². The van der Waals surface area contributed by atoms with Crippen LogP contribution in [0.5, 0.6) is 0 Å². The molecular weight excluding hydrogens is 267 g/mol. The van der Waals surface area contributed by atoms with E-state index in [1.54, 1.807) is 13.1 Å². The van der Waals surface area contributed by atoms with Gasteiger partial charge >= 0.3 is 6.18 Å². The van der Waals surface area contributed by atoms with Crippen LogP contribution >= 0.6 is 0 Å². The first-order valence-electron chi connectivity index (χ1n) is 6.17. The van der Waals surface area contributed by atoms with E-state index in [-0.39, 0.29) is 0 Å². The second kappa shape index (κ2) is 5.48. The monoisotopic (exact) mass is 281 g/mol. The molecule has 6 heteroatoms. The minimum atomic E-state index is -4.32. The smallest absolute Gasteiger partial charge is 0.373 e. The number of halogens is 3. The summed E-state index contributed by atoms with van der Waals surface area (Å²) in [6.45, 7) is 1.92. The van der Waals surface area contributed by atoms with Crippen molar-refractivity contribution in [3.63, 3.8) is 0 Å². The number of anilines is 1. The molecule has 1 aromatic heterocycles. The van der Waals surface area contributed by atoms with Gasteiger partial charge in [0.05, 0.1) is 11.3 Å². The number of aromatic nitrogens is 2. The average molecular weight is 281 g/mol. The van der Waals surface area contributed by atoms with Crippen LogP contribution in [0.25, 0.3) is 11.3 Å². The third-order valence-electron chi connectivity index (χ3n) is 2.85. The molecule has 106 valence electrons. The highest BCUT2D eigenvalue weighted by molar-refractivity contribution is 5.62. The molecule has 0 bridgehead atoms. The molecule has 0 radical (unpaired) electrons. The Morgan fingerprint density at radius 2 is 1.75 bits per heavy atom. The number of hydrogen-bond acceptors (Lipinski definition) is 3. The van der Waals surface area contributed by atoms with Crippen LogP contribution in [0.1, 0.15) is 18.3 Å². The summed E-state index contributed by atoms with van der Waals surface area (Å²) in [6, 6.07) is 6.67. The lowest BCUT2D eigenvalue weighted by Gasteiger charge is -2.09. The minimum absolute atomic E-state index is 0.606. The van der Waals surface area contributed by atoms with Crippen LogP contribution in [0.2, 0.25) is 0 Å². The summed E-state index contributed by atoms with van der Waals surface area (Å²) in [5, 5.41) is 2.92. The molecule has 20 heavy (non-hydrogen) atoms. The van der Waals surface area contributed by atoms with Crippen molar-refractivity contribution in [2.75, 3.05) is 12.4 Å². The van der Waals surface area contributed by atoms with Crippen molar-refractivity contribution in [2.45, 2.75) is 19.5 Å². The summed E-state index contributed by atoms with van der Waals surface area (Å²) in [5.41, 5.74) is 0.571. The topological polar surface area (TPSA) is 37.8 Å². The maximum absolute atomic E-state index is 12.5. The first kappa shape index (κ1) is 14.3. The van der Waals surface area contributed by atoms with Crippen LogP contribution in [0.3, 0.4) is 0 Å². The maximum atomic E-state index is 12.5. The average Bonchev–Trinajstić information content (AvgIpc) is 2.46. The third kappa shape index (κ3) is 3.07. The van der Waals surface area contributed by atoms with Crippen molar-refractivity contribution in [3.05, 3.63) is 41.7 Å². The predicted octanol–water partition coefficient (Wildman–Crippen LogP) is 3.77. The Balaban J connectivity index is 2.41. The number of nitrogens with one attached hydrogen (secondary N) is 1. The van der Waals surface area contributed by atoms with Crippen LogP contribution in [-0.2, 0) is 12.6 Å². The van der Waals surface area contributed by atoms with E-state index >= 15 is 0 Å². The highest BCUT2D eigenvalue weighted by Gasteiger charge is 2.30. The van der Waals surface area contributed by atoms with Crippen molar-refractivity contribution >= 4 is 5.82 Å². The van der Waals surface area contributed by atoms with Crippen LogP contribution in [0.4, 0.5) is 19.0 Å². The molecule has 2 aromatic rings. The number of hydrogen-bond donors (Lipinski definition) is 1. The van der Waals surface area contributed by atoms with Gasteiger partial charge in [-0.1, -0.05) is 19.1 Å². The molecule has 0 saturated heterocycles. The van der Waals surface area contributed by atoms with E-state index in [9.17, 15) is 13.2 Å². The van der Waals surface area contributed by atoms with E-state index in [4.69, 9.17) is 0 Å². The lowest BCUT2D eigenvalue weighted by atomic mass is 10.1. The van der Waals surface area contributed by atoms with E-state index in [2.05, 4.69) is 15.3 Å². The Kier molecular flexibility index (Phi) is 3.92. The molecule has 0 amide bonds. The number of alkyl halides is 3. The molecule has 3 nitrogen and oxygen atoms in total. The van der Waals surface area contributed by atoms with Gasteiger partial charge in [0.15, 0.2) is 0 Å². The van der Waals surface area contributed by atoms with Crippen molar-refractivity contribution in [2.24, 2.45) is 0 Å².